The molecule has 1 saturated heterocycles. The molecule has 154 valence electrons. The van der Waals surface area contributed by atoms with Gasteiger partial charge in [0, 0.05) is 18.8 Å². The molecule has 1 aliphatic heterocycles. The number of hydrogen-bond acceptors (Lipinski definition) is 5. The Morgan fingerprint density at radius 1 is 1.17 bits per heavy atom. The number of carbonyl (C=O) groups excluding carboxylic acids is 3. The SMILES string of the molecule is C[C@](C#N)(NC(=O)COC(=O)C1CCN(C(=O)Nc2ccccc2)CC1)C1CC1. The number of amides is 3. The number of hydrogen-bond donors (Lipinski definition) is 2. The Hall–Kier alpha value is -3.08. The maximum Gasteiger partial charge on any atom is 0.321 e. The summed E-state index contributed by atoms with van der Waals surface area (Å²) in [6, 6.07) is 11.1. The highest BCUT2D eigenvalue weighted by Gasteiger charge is 2.43. The molecule has 0 aromatic heterocycles. The van der Waals surface area contributed by atoms with Crippen molar-refractivity contribution in [3.8, 4) is 6.07 Å². The topological polar surface area (TPSA) is 112 Å². The molecule has 3 amide bonds. The summed E-state index contributed by atoms with van der Waals surface area (Å²) in [4.78, 5) is 38.3. The molecule has 1 saturated carbocycles. The third-order valence-corrected chi connectivity index (χ3v) is 5.51. The minimum absolute atomic E-state index is 0.165. The Labute approximate surface area is 170 Å². The zero-order valence-electron chi connectivity index (χ0n) is 16.5. The van der Waals surface area contributed by atoms with Gasteiger partial charge in [-0.1, -0.05) is 18.2 Å². The first-order valence-corrected chi connectivity index (χ1v) is 9.91. The van der Waals surface area contributed by atoms with E-state index in [1.54, 1.807) is 11.8 Å². The smallest absolute Gasteiger partial charge is 0.321 e. The Balaban J connectivity index is 1.39. The van der Waals surface area contributed by atoms with E-state index in [9.17, 15) is 19.6 Å². The van der Waals surface area contributed by atoms with E-state index in [4.69, 9.17) is 4.74 Å². The highest BCUT2D eigenvalue weighted by atomic mass is 16.5. The number of nitriles is 1. The van der Waals surface area contributed by atoms with Gasteiger partial charge in [-0.3, -0.25) is 9.59 Å². The molecule has 1 heterocycles. The van der Waals surface area contributed by atoms with Crippen LogP contribution in [0.2, 0.25) is 0 Å². The van der Waals surface area contributed by atoms with Crippen molar-refractivity contribution in [2.45, 2.75) is 38.1 Å². The Kier molecular flexibility index (Phi) is 6.37. The Morgan fingerprint density at radius 2 is 1.83 bits per heavy atom. The molecule has 1 atom stereocenters. The third kappa shape index (κ3) is 5.47. The number of esters is 1. The number of anilines is 1. The van der Waals surface area contributed by atoms with Gasteiger partial charge in [0.15, 0.2) is 6.61 Å². The summed E-state index contributed by atoms with van der Waals surface area (Å²) < 4.78 is 5.15. The highest BCUT2D eigenvalue weighted by molar-refractivity contribution is 5.89. The molecule has 1 aromatic carbocycles. The monoisotopic (exact) mass is 398 g/mol. The van der Waals surface area contributed by atoms with Gasteiger partial charge in [-0.2, -0.15) is 5.26 Å². The number of rotatable bonds is 6. The predicted octanol–water partition coefficient (Wildman–Crippen LogP) is 2.28. The van der Waals surface area contributed by atoms with Crippen molar-refractivity contribution in [3.05, 3.63) is 30.3 Å². The molecule has 2 aliphatic rings. The largest absolute Gasteiger partial charge is 0.455 e. The number of urea groups is 1. The highest BCUT2D eigenvalue weighted by Crippen LogP contribution is 2.39. The average Bonchev–Trinajstić information content (AvgIpc) is 3.59. The molecule has 2 fully saturated rings. The van der Waals surface area contributed by atoms with E-state index in [0.29, 0.717) is 25.9 Å². The second kappa shape index (κ2) is 8.95. The van der Waals surface area contributed by atoms with E-state index in [1.165, 1.54) is 0 Å². The molecular formula is C21H26N4O4. The third-order valence-electron chi connectivity index (χ3n) is 5.51. The lowest BCUT2D eigenvalue weighted by Gasteiger charge is -2.31. The standard InChI is InChI=1S/C21H26N4O4/c1-21(14-22,16-7-8-16)24-18(26)13-29-19(27)15-9-11-25(12-10-15)20(28)23-17-5-3-2-4-6-17/h2-6,15-16H,7-13H2,1H3,(H,23,28)(H,24,26)/t21-/m1/s1. The molecule has 1 aliphatic carbocycles. The van der Waals surface area contributed by atoms with Gasteiger partial charge in [-0.15, -0.1) is 0 Å². The minimum atomic E-state index is -0.902. The van der Waals surface area contributed by atoms with Gasteiger partial charge in [-0.25, -0.2) is 4.79 Å². The van der Waals surface area contributed by atoms with Crippen LogP contribution in [0.5, 0.6) is 0 Å². The van der Waals surface area contributed by atoms with Gasteiger partial charge in [0.1, 0.15) is 5.54 Å². The second-order valence-electron chi connectivity index (χ2n) is 7.80. The van der Waals surface area contributed by atoms with Crippen LogP contribution in [0.3, 0.4) is 0 Å². The van der Waals surface area contributed by atoms with Crippen LogP contribution in [0.4, 0.5) is 10.5 Å². The fourth-order valence-corrected chi connectivity index (χ4v) is 3.50. The number of likely N-dealkylation sites (tertiary alicyclic amines) is 1. The molecule has 0 bridgehead atoms. The van der Waals surface area contributed by atoms with Crippen molar-refractivity contribution in [2.24, 2.45) is 11.8 Å². The van der Waals surface area contributed by atoms with E-state index in [2.05, 4.69) is 16.7 Å². The van der Waals surface area contributed by atoms with Crippen molar-refractivity contribution in [2.75, 3.05) is 25.0 Å². The van der Waals surface area contributed by atoms with Crippen molar-refractivity contribution in [3.63, 3.8) is 0 Å². The van der Waals surface area contributed by atoms with Crippen LogP contribution in [-0.2, 0) is 14.3 Å². The average molecular weight is 398 g/mol. The molecule has 2 N–H and O–H groups in total. The van der Waals surface area contributed by atoms with E-state index in [-0.39, 0.29) is 17.9 Å². The summed E-state index contributed by atoms with van der Waals surface area (Å²) in [5, 5.41) is 14.8. The lowest BCUT2D eigenvalue weighted by atomic mass is 9.97. The quantitative estimate of drug-likeness (QED) is 0.714. The number of nitrogens with one attached hydrogen (secondary N) is 2. The van der Waals surface area contributed by atoms with Crippen LogP contribution in [0.1, 0.15) is 32.6 Å². The van der Waals surface area contributed by atoms with Crippen LogP contribution in [-0.4, -0.2) is 48.0 Å². The van der Waals surface area contributed by atoms with E-state index < -0.39 is 24.0 Å². The number of benzene rings is 1. The zero-order valence-corrected chi connectivity index (χ0v) is 16.5. The van der Waals surface area contributed by atoms with Gasteiger partial charge in [0.25, 0.3) is 5.91 Å². The Morgan fingerprint density at radius 3 is 2.41 bits per heavy atom. The fourth-order valence-electron chi connectivity index (χ4n) is 3.50. The summed E-state index contributed by atoms with van der Waals surface area (Å²) >= 11 is 0. The molecule has 29 heavy (non-hydrogen) atoms. The maximum absolute atomic E-state index is 12.3. The maximum atomic E-state index is 12.3. The first kappa shape index (κ1) is 20.6. The molecule has 3 rings (SSSR count). The number of carbonyl (C=O) groups is 3. The molecule has 0 radical (unpaired) electrons. The molecule has 8 nitrogen and oxygen atoms in total. The van der Waals surface area contributed by atoms with Crippen LogP contribution in [0, 0.1) is 23.2 Å². The molecule has 1 aromatic rings. The summed E-state index contributed by atoms with van der Waals surface area (Å²) in [6.45, 7) is 2.19. The first-order chi connectivity index (χ1) is 13.9. The van der Waals surface area contributed by atoms with Crippen LogP contribution >= 0.6 is 0 Å². The number of piperidine rings is 1. The van der Waals surface area contributed by atoms with Crippen molar-refractivity contribution in [1.82, 2.24) is 10.2 Å². The van der Waals surface area contributed by atoms with Gasteiger partial charge < -0.3 is 20.3 Å². The van der Waals surface area contributed by atoms with Crippen LogP contribution in [0.25, 0.3) is 0 Å². The molecular weight excluding hydrogens is 372 g/mol. The molecule has 0 unspecified atom stereocenters. The van der Waals surface area contributed by atoms with Gasteiger partial charge in [0.2, 0.25) is 0 Å². The summed E-state index contributed by atoms with van der Waals surface area (Å²) in [5.41, 5.74) is -0.179. The summed E-state index contributed by atoms with van der Waals surface area (Å²) in [6.07, 6.45) is 2.81. The van der Waals surface area contributed by atoms with Gasteiger partial charge >= 0.3 is 12.0 Å². The minimum Gasteiger partial charge on any atom is -0.455 e. The summed E-state index contributed by atoms with van der Waals surface area (Å²) in [5.74, 6) is -1.07. The summed E-state index contributed by atoms with van der Waals surface area (Å²) in [7, 11) is 0. The van der Waals surface area contributed by atoms with Crippen molar-refractivity contribution in [1.29, 1.82) is 5.26 Å². The zero-order chi connectivity index (χ0) is 20.9. The van der Waals surface area contributed by atoms with Crippen LogP contribution < -0.4 is 10.6 Å². The van der Waals surface area contributed by atoms with E-state index >= 15 is 0 Å². The van der Waals surface area contributed by atoms with Gasteiger partial charge in [-0.05, 0) is 50.7 Å². The number of para-hydroxylation sites is 1. The second-order valence-corrected chi connectivity index (χ2v) is 7.80. The fraction of sp³-hybridized carbons (Fsp3) is 0.524. The van der Waals surface area contributed by atoms with E-state index in [0.717, 1.165) is 18.5 Å². The number of ether oxygens (including phenoxy) is 1. The van der Waals surface area contributed by atoms with E-state index in [1.807, 2.05) is 30.3 Å². The normalized spacial score (nSPS) is 18.8. The van der Waals surface area contributed by atoms with Crippen LogP contribution in [0.15, 0.2) is 30.3 Å². The lowest BCUT2D eigenvalue weighted by molar-refractivity contribution is -0.154. The number of nitrogens with zero attached hydrogens (tertiary/aromatic N) is 2. The van der Waals surface area contributed by atoms with Crippen molar-refractivity contribution >= 4 is 23.6 Å². The van der Waals surface area contributed by atoms with Gasteiger partial charge in [0.05, 0.1) is 12.0 Å². The predicted molar refractivity (Wildman–Crippen MR) is 106 cm³/mol. The lowest BCUT2D eigenvalue weighted by Crippen LogP contribution is -2.48. The first-order valence-electron chi connectivity index (χ1n) is 9.91. The van der Waals surface area contributed by atoms with Crippen molar-refractivity contribution < 1.29 is 19.1 Å². The Bertz CT molecular complexity index is 795. The molecule has 8 heteroatoms. The molecule has 0 spiro atoms.